The van der Waals surface area contributed by atoms with Crippen molar-refractivity contribution in [1.29, 1.82) is 0 Å². The first-order valence-electron chi connectivity index (χ1n) is 7.54. The number of ether oxygens (including phenoxy) is 3. The fraction of sp³-hybridized carbons (Fsp3) is 0.750. The van der Waals surface area contributed by atoms with E-state index in [0.29, 0.717) is 26.1 Å². The topological polar surface area (TPSA) is 27.7 Å². The molecule has 0 bridgehead atoms. The van der Waals surface area contributed by atoms with Crippen LogP contribution in [0.5, 0.6) is 0 Å². The molecule has 0 aromatic heterocycles. The first-order valence-corrected chi connectivity index (χ1v) is 7.54. The lowest BCUT2D eigenvalue weighted by Gasteiger charge is -2.08. The van der Waals surface area contributed by atoms with E-state index in [2.05, 4.69) is 0 Å². The zero-order valence-electron chi connectivity index (χ0n) is 13.1. The molecule has 0 rings (SSSR count). The SMILES string of the molecule is CC(C=COC=CC(C)OCCCCF)OCCCCF. The molecule has 2 unspecified atom stereocenters. The van der Waals surface area contributed by atoms with Gasteiger partial charge in [0.05, 0.1) is 38.1 Å². The molecule has 0 fully saturated rings. The van der Waals surface area contributed by atoms with Crippen molar-refractivity contribution in [2.75, 3.05) is 26.6 Å². The third-order valence-electron chi connectivity index (χ3n) is 2.67. The molecular weight excluding hydrogens is 278 g/mol. The molecule has 0 N–H and O–H groups in total. The number of halogens is 2. The highest BCUT2D eigenvalue weighted by Gasteiger charge is 1.97. The van der Waals surface area contributed by atoms with Crippen molar-refractivity contribution < 1.29 is 23.0 Å². The van der Waals surface area contributed by atoms with Crippen molar-refractivity contribution in [3.05, 3.63) is 24.7 Å². The summed E-state index contributed by atoms with van der Waals surface area (Å²) in [6.45, 7) is 4.31. The summed E-state index contributed by atoms with van der Waals surface area (Å²) in [5.74, 6) is 0. The number of alkyl halides is 2. The van der Waals surface area contributed by atoms with Gasteiger partial charge < -0.3 is 14.2 Å². The monoisotopic (exact) mass is 306 g/mol. The molecular formula is C16H28F2O3. The summed E-state index contributed by atoms with van der Waals surface area (Å²) in [6.07, 6.45) is 9.08. The van der Waals surface area contributed by atoms with Crippen LogP contribution >= 0.6 is 0 Å². The molecule has 0 saturated heterocycles. The molecule has 0 aromatic carbocycles. The molecule has 3 nitrogen and oxygen atoms in total. The van der Waals surface area contributed by atoms with E-state index in [1.165, 1.54) is 0 Å². The van der Waals surface area contributed by atoms with Crippen molar-refractivity contribution >= 4 is 0 Å². The highest BCUT2D eigenvalue weighted by atomic mass is 19.1. The van der Waals surface area contributed by atoms with Gasteiger partial charge in [-0.25, -0.2) is 0 Å². The van der Waals surface area contributed by atoms with Gasteiger partial charge in [-0.15, -0.1) is 0 Å². The van der Waals surface area contributed by atoms with Gasteiger partial charge in [-0.3, -0.25) is 8.78 Å². The van der Waals surface area contributed by atoms with Crippen LogP contribution in [0.3, 0.4) is 0 Å². The second-order valence-corrected chi connectivity index (χ2v) is 4.74. The molecule has 0 aliphatic rings. The maximum atomic E-state index is 11.9. The van der Waals surface area contributed by atoms with Crippen molar-refractivity contribution in [3.8, 4) is 0 Å². The van der Waals surface area contributed by atoms with Crippen LogP contribution in [0.2, 0.25) is 0 Å². The Morgan fingerprint density at radius 2 is 1.19 bits per heavy atom. The fourth-order valence-electron chi connectivity index (χ4n) is 1.40. The van der Waals surface area contributed by atoms with Gasteiger partial charge in [0, 0.05) is 13.2 Å². The molecule has 124 valence electrons. The van der Waals surface area contributed by atoms with Gasteiger partial charge in [0.2, 0.25) is 0 Å². The van der Waals surface area contributed by atoms with Crippen molar-refractivity contribution in [2.24, 2.45) is 0 Å². The molecule has 0 heterocycles. The third kappa shape index (κ3) is 15.3. The van der Waals surface area contributed by atoms with E-state index in [1.54, 1.807) is 24.7 Å². The predicted octanol–water partition coefficient (Wildman–Crippen LogP) is 4.34. The average molecular weight is 306 g/mol. The molecule has 2 atom stereocenters. The Bertz CT molecular complexity index is 244. The fourth-order valence-corrected chi connectivity index (χ4v) is 1.40. The lowest BCUT2D eigenvalue weighted by atomic mass is 10.3. The minimum absolute atomic E-state index is 0.0626. The van der Waals surface area contributed by atoms with Gasteiger partial charge in [0.1, 0.15) is 0 Å². The zero-order valence-corrected chi connectivity index (χ0v) is 13.1. The molecule has 0 saturated carbocycles. The highest BCUT2D eigenvalue weighted by Crippen LogP contribution is 2.00. The summed E-state index contributed by atoms with van der Waals surface area (Å²) in [6, 6.07) is 0. The van der Waals surface area contributed by atoms with Crippen LogP contribution in [-0.2, 0) is 14.2 Å². The zero-order chi connectivity index (χ0) is 15.8. The summed E-state index contributed by atoms with van der Waals surface area (Å²) in [7, 11) is 0. The Morgan fingerprint density at radius 3 is 1.57 bits per heavy atom. The highest BCUT2D eigenvalue weighted by molar-refractivity contribution is 4.86. The Kier molecular flexibility index (Phi) is 14.8. The van der Waals surface area contributed by atoms with Gasteiger partial charge >= 0.3 is 0 Å². The summed E-state index contributed by atoms with van der Waals surface area (Å²) in [5, 5.41) is 0. The van der Waals surface area contributed by atoms with Crippen LogP contribution in [-0.4, -0.2) is 38.8 Å². The number of hydrogen-bond acceptors (Lipinski definition) is 3. The van der Waals surface area contributed by atoms with Gasteiger partial charge in [0.15, 0.2) is 0 Å². The summed E-state index contributed by atoms with van der Waals surface area (Å²) in [5.41, 5.74) is 0. The van der Waals surface area contributed by atoms with E-state index in [1.807, 2.05) is 13.8 Å². The lowest BCUT2D eigenvalue weighted by molar-refractivity contribution is 0.0901. The first-order chi connectivity index (χ1) is 10.2. The van der Waals surface area contributed by atoms with E-state index in [9.17, 15) is 8.78 Å². The van der Waals surface area contributed by atoms with Crippen LogP contribution in [0.1, 0.15) is 39.5 Å². The largest absolute Gasteiger partial charge is 0.473 e. The number of unbranched alkanes of at least 4 members (excludes halogenated alkanes) is 2. The van der Waals surface area contributed by atoms with Crippen LogP contribution in [0.25, 0.3) is 0 Å². The van der Waals surface area contributed by atoms with E-state index in [-0.39, 0.29) is 25.6 Å². The minimum atomic E-state index is -0.296. The molecule has 21 heavy (non-hydrogen) atoms. The Balaban J connectivity index is 3.56. The van der Waals surface area contributed by atoms with E-state index in [0.717, 1.165) is 12.8 Å². The minimum Gasteiger partial charge on any atom is -0.473 e. The van der Waals surface area contributed by atoms with Crippen LogP contribution in [0, 0.1) is 0 Å². The van der Waals surface area contributed by atoms with Gasteiger partial charge in [-0.2, -0.15) is 0 Å². The molecule has 0 aliphatic carbocycles. The number of rotatable bonds is 14. The molecule has 0 aromatic rings. The summed E-state index contributed by atoms with van der Waals surface area (Å²) in [4.78, 5) is 0. The van der Waals surface area contributed by atoms with E-state index >= 15 is 0 Å². The molecule has 0 amide bonds. The molecule has 5 heteroatoms. The normalized spacial score (nSPS) is 14.9. The Hall–Kier alpha value is -0.940. The van der Waals surface area contributed by atoms with Crippen molar-refractivity contribution in [1.82, 2.24) is 0 Å². The molecule has 0 spiro atoms. The quantitative estimate of drug-likeness (QED) is 0.353. The maximum Gasteiger partial charge on any atom is 0.0895 e. The Morgan fingerprint density at radius 1 is 0.762 bits per heavy atom. The Labute approximate surface area is 127 Å². The van der Waals surface area contributed by atoms with Crippen molar-refractivity contribution in [3.63, 3.8) is 0 Å². The number of hydrogen-bond donors (Lipinski definition) is 0. The summed E-state index contributed by atoms with van der Waals surface area (Å²) >= 11 is 0. The standard InChI is InChI=1S/C16H28F2O3/c1-15(20-11-5-3-9-17)7-13-19-14-8-16(2)21-12-6-4-10-18/h7-8,13-16H,3-6,9-12H2,1-2H3. The second-order valence-electron chi connectivity index (χ2n) is 4.74. The van der Waals surface area contributed by atoms with Crippen LogP contribution in [0.15, 0.2) is 24.7 Å². The van der Waals surface area contributed by atoms with Crippen molar-refractivity contribution in [2.45, 2.75) is 51.7 Å². The van der Waals surface area contributed by atoms with E-state index in [4.69, 9.17) is 14.2 Å². The van der Waals surface area contributed by atoms with Gasteiger partial charge in [-0.1, -0.05) is 0 Å². The summed E-state index contributed by atoms with van der Waals surface area (Å²) < 4.78 is 39.8. The lowest BCUT2D eigenvalue weighted by Crippen LogP contribution is -2.06. The molecule has 0 aliphatic heterocycles. The predicted molar refractivity (Wildman–Crippen MR) is 80.6 cm³/mol. The van der Waals surface area contributed by atoms with E-state index < -0.39 is 0 Å². The smallest absolute Gasteiger partial charge is 0.0895 e. The van der Waals surface area contributed by atoms with Gasteiger partial charge in [0.25, 0.3) is 0 Å². The average Bonchev–Trinajstić information content (AvgIpc) is 2.48. The third-order valence-corrected chi connectivity index (χ3v) is 2.67. The first kappa shape index (κ1) is 20.1. The van der Waals surface area contributed by atoms with Crippen LogP contribution in [0.4, 0.5) is 8.78 Å². The van der Waals surface area contributed by atoms with Crippen LogP contribution < -0.4 is 0 Å². The second kappa shape index (κ2) is 15.4. The van der Waals surface area contributed by atoms with Gasteiger partial charge in [-0.05, 0) is 51.7 Å². The molecule has 0 radical (unpaired) electrons. The maximum absolute atomic E-state index is 11.9.